The third-order valence-corrected chi connectivity index (χ3v) is 2.32. The van der Waals surface area contributed by atoms with Crippen LogP contribution in [0.4, 0.5) is 0 Å². The lowest BCUT2D eigenvalue weighted by molar-refractivity contribution is 0.841. The molecule has 0 saturated carbocycles. The molecule has 0 bridgehead atoms. The van der Waals surface area contributed by atoms with E-state index in [1.807, 2.05) is 13.8 Å². The van der Waals surface area contributed by atoms with Crippen molar-refractivity contribution in [2.24, 2.45) is 0 Å². The minimum atomic E-state index is 0.744. The Morgan fingerprint density at radius 1 is 1.54 bits per heavy atom. The van der Waals surface area contributed by atoms with E-state index in [2.05, 4.69) is 19.4 Å². The fourth-order valence-electron chi connectivity index (χ4n) is 0.919. The zero-order chi connectivity index (χ0) is 9.26. The molecular weight excluding hydrogens is 186 g/mol. The second-order valence-electron chi connectivity index (χ2n) is 2.58. The van der Waals surface area contributed by atoms with Crippen LogP contribution < -0.4 is 0 Å². The van der Waals surface area contributed by atoms with Gasteiger partial charge in [-0.25, -0.2) is 9.97 Å². The Balaban J connectivity index is 2.35. The van der Waals surface area contributed by atoms with Gasteiger partial charge in [-0.2, -0.15) is 9.06 Å². The maximum atomic E-state index is 4.28. The molecule has 0 aliphatic carbocycles. The normalized spacial score (nSPS) is 10.6. The van der Waals surface area contributed by atoms with E-state index < -0.39 is 0 Å². The van der Waals surface area contributed by atoms with Crippen molar-refractivity contribution < 1.29 is 0 Å². The monoisotopic (exact) mass is 195 g/mol. The molecule has 0 N–H and O–H groups in total. The minimum absolute atomic E-state index is 0.744. The summed E-state index contributed by atoms with van der Waals surface area (Å²) in [6, 6.07) is 0. The zero-order valence-corrected chi connectivity index (χ0v) is 8.25. The summed E-state index contributed by atoms with van der Waals surface area (Å²) >= 11 is 1.34. The van der Waals surface area contributed by atoms with Gasteiger partial charge in [0.2, 0.25) is 5.13 Å². The van der Waals surface area contributed by atoms with Crippen molar-refractivity contribution in [1.82, 2.24) is 24.1 Å². The molecule has 0 amide bonds. The molecule has 0 spiro atoms. The fraction of sp³-hybridized carbons (Fsp3) is 0.429. The lowest BCUT2D eigenvalue weighted by Gasteiger charge is -1.88. The molecule has 0 aliphatic heterocycles. The van der Waals surface area contributed by atoms with Crippen LogP contribution in [0.3, 0.4) is 0 Å². The second kappa shape index (κ2) is 3.21. The van der Waals surface area contributed by atoms with Gasteiger partial charge in [-0.3, -0.25) is 0 Å². The summed E-state index contributed by atoms with van der Waals surface area (Å²) in [6.45, 7) is 3.87. The molecule has 2 aromatic heterocycles. The molecular formula is C7H9N5S. The van der Waals surface area contributed by atoms with Crippen LogP contribution in [0.2, 0.25) is 0 Å². The molecule has 13 heavy (non-hydrogen) atoms. The van der Waals surface area contributed by atoms with Crippen molar-refractivity contribution in [3.05, 3.63) is 18.0 Å². The van der Waals surface area contributed by atoms with Crippen LogP contribution in [-0.4, -0.2) is 24.1 Å². The van der Waals surface area contributed by atoms with E-state index in [1.165, 1.54) is 11.5 Å². The summed E-state index contributed by atoms with van der Waals surface area (Å²) < 4.78 is 5.81. The highest BCUT2D eigenvalue weighted by molar-refractivity contribution is 7.08. The molecule has 0 atom stereocenters. The second-order valence-corrected chi connectivity index (χ2v) is 3.31. The van der Waals surface area contributed by atoms with E-state index in [1.54, 1.807) is 11.0 Å². The number of aryl methyl sites for hydroxylation is 2. The Hall–Kier alpha value is -1.30. The van der Waals surface area contributed by atoms with E-state index in [4.69, 9.17) is 0 Å². The lowest BCUT2D eigenvalue weighted by atomic mass is 10.5. The Morgan fingerprint density at radius 2 is 2.38 bits per heavy atom. The average Bonchev–Trinajstić information content (AvgIpc) is 2.71. The van der Waals surface area contributed by atoms with Gasteiger partial charge in [-0.15, -0.1) is 5.10 Å². The molecule has 6 heteroatoms. The van der Waals surface area contributed by atoms with Crippen LogP contribution in [-0.2, 0) is 6.42 Å². The van der Waals surface area contributed by atoms with Crippen LogP contribution in [0.25, 0.3) is 5.13 Å². The fourth-order valence-corrected chi connectivity index (χ4v) is 1.59. The van der Waals surface area contributed by atoms with Crippen molar-refractivity contribution in [3.8, 4) is 5.13 Å². The first kappa shape index (κ1) is 8.31. The van der Waals surface area contributed by atoms with Crippen molar-refractivity contribution in [3.63, 3.8) is 0 Å². The number of rotatable bonds is 2. The van der Waals surface area contributed by atoms with Crippen LogP contribution in [0.1, 0.15) is 18.6 Å². The molecule has 0 fully saturated rings. The summed E-state index contributed by atoms with van der Waals surface area (Å²) in [5.41, 5.74) is 0. The topological polar surface area (TPSA) is 56.5 Å². The van der Waals surface area contributed by atoms with E-state index >= 15 is 0 Å². The lowest BCUT2D eigenvalue weighted by Crippen LogP contribution is -1.94. The maximum Gasteiger partial charge on any atom is 0.231 e. The molecule has 5 nitrogen and oxygen atoms in total. The van der Waals surface area contributed by atoms with Gasteiger partial charge in [0.25, 0.3) is 0 Å². The summed E-state index contributed by atoms with van der Waals surface area (Å²) in [6.07, 6.45) is 2.50. The Bertz CT molecular complexity index is 404. The maximum absolute atomic E-state index is 4.28. The van der Waals surface area contributed by atoms with Crippen molar-refractivity contribution in [1.29, 1.82) is 0 Å². The first-order valence-electron chi connectivity index (χ1n) is 4.01. The molecule has 2 rings (SSSR count). The zero-order valence-electron chi connectivity index (χ0n) is 7.43. The largest absolute Gasteiger partial charge is 0.231 e. The molecule has 68 valence electrons. The highest BCUT2D eigenvalue weighted by Crippen LogP contribution is 2.09. The number of aromatic nitrogens is 5. The first-order chi connectivity index (χ1) is 6.29. The third kappa shape index (κ3) is 1.57. The summed E-state index contributed by atoms with van der Waals surface area (Å²) in [5, 5.41) is 4.92. The Morgan fingerprint density at radius 3 is 2.92 bits per heavy atom. The van der Waals surface area contributed by atoms with E-state index in [0.29, 0.717) is 0 Å². The van der Waals surface area contributed by atoms with Crippen molar-refractivity contribution >= 4 is 11.5 Å². The van der Waals surface area contributed by atoms with Gasteiger partial charge in [0, 0.05) is 18.0 Å². The van der Waals surface area contributed by atoms with Gasteiger partial charge >= 0.3 is 0 Å². The van der Waals surface area contributed by atoms with Crippen molar-refractivity contribution in [2.75, 3.05) is 0 Å². The Labute approximate surface area is 79.6 Å². The van der Waals surface area contributed by atoms with E-state index in [0.717, 1.165) is 23.2 Å². The standard InChI is InChI=1S/C7H9N5S/c1-3-6-9-7(13-11-6)12-4-8-5(2)10-12/h4H,3H2,1-2H3. The molecule has 0 aliphatic rings. The molecule has 2 aromatic rings. The Kier molecular flexibility index (Phi) is 2.05. The summed E-state index contributed by atoms with van der Waals surface area (Å²) in [5.74, 6) is 1.60. The summed E-state index contributed by atoms with van der Waals surface area (Å²) in [4.78, 5) is 8.30. The van der Waals surface area contributed by atoms with Crippen molar-refractivity contribution in [2.45, 2.75) is 20.3 Å². The van der Waals surface area contributed by atoms with Crippen LogP contribution in [0.5, 0.6) is 0 Å². The number of hydrogen-bond donors (Lipinski definition) is 0. The van der Waals surface area contributed by atoms with Gasteiger partial charge in [-0.1, -0.05) is 6.92 Å². The van der Waals surface area contributed by atoms with Crippen LogP contribution in [0, 0.1) is 6.92 Å². The predicted molar refractivity (Wildman–Crippen MR) is 48.9 cm³/mol. The summed E-state index contributed by atoms with van der Waals surface area (Å²) in [7, 11) is 0. The smallest absolute Gasteiger partial charge is 0.220 e. The number of hydrogen-bond acceptors (Lipinski definition) is 5. The molecule has 2 heterocycles. The van der Waals surface area contributed by atoms with Gasteiger partial charge in [0.05, 0.1) is 0 Å². The molecule has 0 unspecified atom stereocenters. The minimum Gasteiger partial charge on any atom is -0.220 e. The van der Waals surface area contributed by atoms with E-state index in [9.17, 15) is 0 Å². The first-order valence-corrected chi connectivity index (χ1v) is 4.78. The highest BCUT2D eigenvalue weighted by Gasteiger charge is 2.05. The molecule has 0 saturated heterocycles. The van der Waals surface area contributed by atoms with Gasteiger partial charge < -0.3 is 0 Å². The third-order valence-electron chi connectivity index (χ3n) is 1.58. The average molecular weight is 195 g/mol. The SMILES string of the molecule is CCc1nsc(-n2cnc(C)n2)n1. The van der Waals surface area contributed by atoms with Gasteiger partial charge in [0.15, 0.2) is 0 Å². The quantitative estimate of drug-likeness (QED) is 0.717. The van der Waals surface area contributed by atoms with Gasteiger partial charge in [0.1, 0.15) is 18.0 Å². The molecule has 0 aromatic carbocycles. The van der Waals surface area contributed by atoms with Gasteiger partial charge in [-0.05, 0) is 6.92 Å². The molecule has 0 radical (unpaired) electrons. The van der Waals surface area contributed by atoms with Crippen LogP contribution >= 0.6 is 11.5 Å². The predicted octanol–water partition coefficient (Wildman–Crippen LogP) is 0.990. The van der Waals surface area contributed by atoms with Crippen LogP contribution in [0.15, 0.2) is 6.33 Å². The number of nitrogens with zero attached hydrogens (tertiary/aromatic N) is 5. The van der Waals surface area contributed by atoms with E-state index in [-0.39, 0.29) is 0 Å². The highest BCUT2D eigenvalue weighted by atomic mass is 32.1.